The number of aliphatic carboxylic acids is 1. The molecule has 0 aromatic heterocycles. The van der Waals surface area contributed by atoms with Gasteiger partial charge in [-0.25, -0.2) is 0 Å². The predicted octanol–water partition coefficient (Wildman–Crippen LogP) is 1.02. The fourth-order valence-electron chi connectivity index (χ4n) is 3.57. The van der Waals surface area contributed by atoms with Crippen LogP contribution in [0.2, 0.25) is 0 Å². The summed E-state index contributed by atoms with van der Waals surface area (Å²) in [6, 6.07) is 0. The van der Waals surface area contributed by atoms with Crippen LogP contribution in [0.5, 0.6) is 0 Å². The molecule has 3 atom stereocenters. The van der Waals surface area contributed by atoms with Crippen LogP contribution in [0.15, 0.2) is 0 Å². The number of fused-ring (bicyclic) bond motifs is 2. The topological polar surface area (TPSA) is 60.4 Å². The molecular formula is C11H17O3-. The molecule has 2 bridgehead atoms. The summed E-state index contributed by atoms with van der Waals surface area (Å²) in [4.78, 5) is 11.3. The molecule has 0 saturated heterocycles. The molecule has 0 spiro atoms. The van der Waals surface area contributed by atoms with Crippen LogP contribution in [-0.4, -0.2) is 17.2 Å². The van der Waals surface area contributed by atoms with Crippen LogP contribution in [0.1, 0.15) is 40.0 Å². The second-order valence-corrected chi connectivity index (χ2v) is 5.62. The number of rotatable bonds is 1. The van der Waals surface area contributed by atoms with Crippen molar-refractivity contribution in [2.75, 3.05) is 0 Å². The van der Waals surface area contributed by atoms with Crippen molar-refractivity contribution in [1.82, 2.24) is 0 Å². The Morgan fingerprint density at radius 2 is 1.93 bits per heavy atom. The molecule has 0 aromatic carbocycles. The van der Waals surface area contributed by atoms with Gasteiger partial charge >= 0.3 is 5.97 Å². The minimum Gasteiger partial charge on any atom is -0.852 e. The highest BCUT2D eigenvalue weighted by Crippen LogP contribution is 2.71. The lowest BCUT2D eigenvalue weighted by atomic mass is 9.65. The van der Waals surface area contributed by atoms with Gasteiger partial charge in [0.25, 0.3) is 0 Å². The normalized spacial score (nSPS) is 49.6. The van der Waals surface area contributed by atoms with E-state index in [0.717, 1.165) is 6.42 Å². The summed E-state index contributed by atoms with van der Waals surface area (Å²) >= 11 is 0. The zero-order chi connectivity index (χ0) is 10.8. The molecule has 2 aliphatic carbocycles. The van der Waals surface area contributed by atoms with Crippen LogP contribution in [0.3, 0.4) is 0 Å². The average molecular weight is 197 g/mol. The first kappa shape index (κ1) is 9.97. The predicted molar refractivity (Wildman–Crippen MR) is 49.6 cm³/mol. The Labute approximate surface area is 84.1 Å². The monoisotopic (exact) mass is 197 g/mol. The summed E-state index contributed by atoms with van der Waals surface area (Å²) in [6.07, 6.45) is 1.04. The number of hydrogen-bond donors (Lipinski definition) is 1. The Bertz CT molecular complexity index is 297. The van der Waals surface area contributed by atoms with E-state index in [1.807, 2.05) is 20.8 Å². The van der Waals surface area contributed by atoms with Crippen molar-refractivity contribution in [2.24, 2.45) is 16.2 Å². The first-order valence-electron chi connectivity index (χ1n) is 5.17. The third-order valence-corrected chi connectivity index (χ3v) is 5.35. The van der Waals surface area contributed by atoms with E-state index >= 15 is 0 Å². The maximum atomic E-state index is 11.9. The fourth-order valence-corrected chi connectivity index (χ4v) is 3.57. The molecule has 80 valence electrons. The molecule has 0 radical (unpaired) electrons. The van der Waals surface area contributed by atoms with Gasteiger partial charge in [0.15, 0.2) is 0 Å². The highest BCUT2D eigenvalue weighted by atomic mass is 16.4. The van der Waals surface area contributed by atoms with Crippen molar-refractivity contribution in [1.29, 1.82) is 0 Å². The summed E-state index contributed by atoms with van der Waals surface area (Å²) in [5.41, 5.74) is -1.45. The SMILES string of the molecule is CC12CCC(C(=O)O)(CC1[O-])C2(C)C. The smallest absolute Gasteiger partial charge is 0.310 e. The van der Waals surface area contributed by atoms with Crippen molar-refractivity contribution in [3.8, 4) is 0 Å². The third-order valence-electron chi connectivity index (χ3n) is 5.35. The van der Waals surface area contributed by atoms with Gasteiger partial charge in [0.2, 0.25) is 0 Å². The molecule has 3 heteroatoms. The molecule has 0 amide bonds. The lowest BCUT2D eigenvalue weighted by Gasteiger charge is -2.43. The molecule has 0 aromatic rings. The van der Waals surface area contributed by atoms with Crippen LogP contribution in [0.25, 0.3) is 0 Å². The van der Waals surface area contributed by atoms with E-state index < -0.39 is 17.5 Å². The quantitative estimate of drug-likeness (QED) is 0.682. The zero-order valence-electron chi connectivity index (χ0n) is 8.96. The molecule has 3 unspecified atom stereocenters. The Hall–Kier alpha value is -0.570. The minimum atomic E-state index is -0.774. The second-order valence-electron chi connectivity index (χ2n) is 5.62. The maximum Gasteiger partial charge on any atom is 0.310 e. The van der Waals surface area contributed by atoms with Gasteiger partial charge in [-0.05, 0) is 30.1 Å². The van der Waals surface area contributed by atoms with Crippen LogP contribution < -0.4 is 5.11 Å². The average Bonchev–Trinajstić information content (AvgIpc) is 2.34. The van der Waals surface area contributed by atoms with E-state index in [1.165, 1.54) is 0 Å². The van der Waals surface area contributed by atoms with Crippen LogP contribution in [-0.2, 0) is 4.79 Å². The molecule has 3 nitrogen and oxygen atoms in total. The zero-order valence-corrected chi connectivity index (χ0v) is 8.96. The van der Waals surface area contributed by atoms with Crippen LogP contribution in [0.4, 0.5) is 0 Å². The maximum absolute atomic E-state index is 11.9. The first-order valence-corrected chi connectivity index (χ1v) is 5.17. The van der Waals surface area contributed by atoms with E-state index in [2.05, 4.69) is 0 Å². The Morgan fingerprint density at radius 3 is 2.14 bits per heavy atom. The largest absolute Gasteiger partial charge is 0.852 e. The van der Waals surface area contributed by atoms with E-state index in [9.17, 15) is 15.0 Å². The van der Waals surface area contributed by atoms with E-state index in [4.69, 9.17) is 0 Å². The molecular weight excluding hydrogens is 180 g/mol. The Balaban J connectivity index is 2.54. The highest BCUT2D eigenvalue weighted by Gasteiger charge is 2.69. The summed E-state index contributed by atoms with van der Waals surface area (Å²) in [5, 5.41) is 21.2. The van der Waals surface area contributed by atoms with Gasteiger partial charge in [-0.1, -0.05) is 20.8 Å². The standard InChI is InChI=1S/C11H17O3/c1-9(2)10(3)4-5-11(9,8(13)14)6-7(10)12/h7H,4-6H2,1-3H3,(H,13,14)/q-1. The van der Waals surface area contributed by atoms with Gasteiger partial charge in [-0.15, -0.1) is 6.10 Å². The molecule has 2 rings (SSSR count). The highest BCUT2D eigenvalue weighted by molar-refractivity contribution is 5.77. The lowest BCUT2D eigenvalue weighted by molar-refractivity contribution is -0.447. The summed E-state index contributed by atoms with van der Waals surface area (Å²) in [7, 11) is 0. The van der Waals surface area contributed by atoms with E-state index in [0.29, 0.717) is 12.8 Å². The molecule has 2 fully saturated rings. The van der Waals surface area contributed by atoms with Crippen molar-refractivity contribution >= 4 is 5.97 Å². The molecule has 0 aliphatic heterocycles. The van der Waals surface area contributed by atoms with Gasteiger partial charge in [-0.3, -0.25) is 4.79 Å². The Morgan fingerprint density at radius 1 is 1.36 bits per heavy atom. The second kappa shape index (κ2) is 2.32. The van der Waals surface area contributed by atoms with Gasteiger partial charge in [0.05, 0.1) is 5.41 Å². The van der Waals surface area contributed by atoms with E-state index in [-0.39, 0.29) is 10.8 Å². The number of carboxylic acids is 1. The minimum absolute atomic E-state index is 0.311. The molecule has 14 heavy (non-hydrogen) atoms. The van der Waals surface area contributed by atoms with Gasteiger partial charge in [0.1, 0.15) is 0 Å². The van der Waals surface area contributed by atoms with Crippen molar-refractivity contribution in [3.05, 3.63) is 0 Å². The number of carboxylic acid groups (broad SMARTS) is 1. The first-order chi connectivity index (χ1) is 6.28. The van der Waals surface area contributed by atoms with E-state index in [1.54, 1.807) is 0 Å². The molecule has 1 N–H and O–H groups in total. The molecule has 2 saturated carbocycles. The Kier molecular flexibility index (Phi) is 1.65. The van der Waals surface area contributed by atoms with Crippen molar-refractivity contribution < 1.29 is 15.0 Å². The number of hydrogen-bond acceptors (Lipinski definition) is 2. The summed E-state index contributed by atoms with van der Waals surface area (Å²) < 4.78 is 0. The fraction of sp³-hybridized carbons (Fsp3) is 0.909. The van der Waals surface area contributed by atoms with Crippen LogP contribution >= 0.6 is 0 Å². The van der Waals surface area contributed by atoms with Gasteiger partial charge in [0, 0.05) is 0 Å². The van der Waals surface area contributed by atoms with Gasteiger partial charge < -0.3 is 10.2 Å². The van der Waals surface area contributed by atoms with Crippen LogP contribution in [0, 0.1) is 16.2 Å². The number of carbonyl (C=O) groups is 1. The lowest BCUT2D eigenvalue weighted by Crippen LogP contribution is -2.43. The van der Waals surface area contributed by atoms with Gasteiger partial charge in [-0.2, -0.15) is 0 Å². The van der Waals surface area contributed by atoms with Crippen molar-refractivity contribution in [2.45, 2.75) is 46.1 Å². The van der Waals surface area contributed by atoms with Crippen molar-refractivity contribution in [3.63, 3.8) is 0 Å². The summed E-state index contributed by atoms with van der Waals surface area (Å²) in [5.74, 6) is -0.774. The summed E-state index contributed by atoms with van der Waals surface area (Å²) in [6.45, 7) is 5.86. The molecule has 2 aliphatic rings. The third kappa shape index (κ3) is 0.724. The molecule has 0 heterocycles.